The van der Waals surface area contributed by atoms with Crippen molar-refractivity contribution in [2.75, 3.05) is 19.8 Å². The Hall–Kier alpha value is -1.40. The molecule has 2 saturated heterocycles. The molecule has 0 unspecified atom stereocenters. The van der Waals surface area contributed by atoms with E-state index in [1.54, 1.807) is 6.92 Å². The Labute approximate surface area is 118 Å². The van der Waals surface area contributed by atoms with E-state index in [9.17, 15) is 9.59 Å². The normalized spacial score (nSPS) is 30.2. The summed E-state index contributed by atoms with van der Waals surface area (Å²) in [7, 11) is 0. The summed E-state index contributed by atoms with van der Waals surface area (Å²) in [6, 6.07) is 0. The molecular formula is C14H20O6. The lowest BCUT2D eigenvalue weighted by atomic mass is 9.80. The number of cyclic esters (lactones) is 1. The van der Waals surface area contributed by atoms with Gasteiger partial charge in [0.1, 0.15) is 6.10 Å². The predicted molar refractivity (Wildman–Crippen MR) is 68.7 cm³/mol. The van der Waals surface area contributed by atoms with Gasteiger partial charge in [0, 0.05) is 12.8 Å². The van der Waals surface area contributed by atoms with E-state index in [2.05, 4.69) is 6.58 Å². The van der Waals surface area contributed by atoms with E-state index in [0.717, 1.165) is 0 Å². The maximum atomic E-state index is 12.2. The highest BCUT2D eigenvalue weighted by Crippen LogP contribution is 2.41. The monoisotopic (exact) mass is 284 g/mol. The molecular weight excluding hydrogens is 264 g/mol. The van der Waals surface area contributed by atoms with Gasteiger partial charge in [-0.05, 0) is 13.3 Å². The highest BCUT2D eigenvalue weighted by molar-refractivity contribution is 6.01. The van der Waals surface area contributed by atoms with Crippen LogP contribution in [-0.2, 0) is 28.5 Å². The standard InChI is InChI=1S/C14H20O6/c1-3-10-9-14(13(16)20-10,12(15)17-4-2)6-5-11-18-7-8-19-11/h3,10-11H,1,4-9H2,2H3/t10-,14+/m0/s1. The van der Waals surface area contributed by atoms with E-state index in [1.165, 1.54) is 6.08 Å². The smallest absolute Gasteiger partial charge is 0.324 e. The Morgan fingerprint density at radius 3 is 2.75 bits per heavy atom. The van der Waals surface area contributed by atoms with Gasteiger partial charge in [0.2, 0.25) is 0 Å². The molecule has 0 aromatic rings. The number of hydrogen-bond acceptors (Lipinski definition) is 6. The molecule has 20 heavy (non-hydrogen) atoms. The fourth-order valence-electron chi connectivity index (χ4n) is 2.53. The highest BCUT2D eigenvalue weighted by Gasteiger charge is 2.55. The number of esters is 2. The first-order valence-electron chi connectivity index (χ1n) is 6.86. The third-order valence-corrected chi connectivity index (χ3v) is 3.63. The van der Waals surface area contributed by atoms with E-state index in [-0.39, 0.29) is 19.3 Å². The van der Waals surface area contributed by atoms with Crippen molar-refractivity contribution < 1.29 is 28.5 Å². The SMILES string of the molecule is C=C[C@H]1C[C@](CCC2OCCO2)(C(=O)OCC)C(=O)O1. The van der Waals surface area contributed by atoms with Crippen molar-refractivity contribution in [1.29, 1.82) is 0 Å². The van der Waals surface area contributed by atoms with Gasteiger partial charge in [0.05, 0.1) is 19.8 Å². The summed E-state index contributed by atoms with van der Waals surface area (Å²) in [6.07, 6.45) is 1.73. The minimum atomic E-state index is -1.26. The largest absolute Gasteiger partial charge is 0.465 e. The van der Waals surface area contributed by atoms with E-state index >= 15 is 0 Å². The van der Waals surface area contributed by atoms with E-state index < -0.39 is 23.5 Å². The van der Waals surface area contributed by atoms with Crippen LogP contribution in [0, 0.1) is 5.41 Å². The van der Waals surface area contributed by atoms with Gasteiger partial charge >= 0.3 is 11.9 Å². The first kappa shape index (κ1) is 15.0. The summed E-state index contributed by atoms with van der Waals surface area (Å²) < 4.78 is 20.9. The van der Waals surface area contributed by atoms with Gasteiger partial charge in [-0.25, -0.2) is 0 Å². The van der Waals surface area contributed by atoms with E-state index in [0.29, 0.717) is 26.1 Å². The van der Waals surface area contributed by atoms with Crippen molar-refractivity contribution in [3.8, 4) is 0 Å². The summed E-state index contributed by atoms with van der Waals surface area (Å²) in [5, 5.41) is 0. The summed E-state index contributed by atoms with van der Waals surface area (Å²) in [4.78, 5) is 24.3. The van der Waals surface area contributed by atoms with Crippen LogP contribution in [0.2, 0.25) is 0 Å². The van der Waals surface area contributed by atoms with Crippen molar-refractivity contribution in [3.05, 3.63) is 12.7 Å². The van der Waals surface area contributed by atoms with Crippen LogP contribution < -0.4 is 0 Å². The molecule has 0 spiro atoms. The van der Waals surface area contributed by atoms with Gasteiger partial charge in [-0.1, -0.05) is 12.7 Å². The topological polar surface area (TPSA) is 71.1 Å². The number of rotatable bonds is 6. The molecule has 2 atom stereocenters. The number of hydrogen-bond donors (Lipinski definition) is 0. The highest BCUT2D eigenvalue weighted by atomic mass is 16.7. The predicted octanol–water partition coefficient (Wildman–Crippen LogP) is 1.19. The van der Waals surface area contributed by atoms with Gasteiger partial charge < -0.3 is 18.9 Å². The maximum Gasteiger partial charge on any atom is 0.324 e. The molecule has 112 valence electrons. The summed E-state index contributed by atoms with van der Waals surface area (Å²) in [5.74, 6) is -1.08. The molecule has 6 nitrogen and oxygen atoms in total. The molecule has 2 aliphatic rings. The van der Waals surface area contributed by atoms with Crippen LogP contribution in [0.15, 0.2) is 12.7 Å². The summed E-state index contributed by atoms with van der Waals surface area (Å²) in [6.45, 7) is 6.62. The van der Waals surface area contributed by atoms with Crippen LogP contribution in [0.1, 0.15) is 26.2 Å². The fourth-order valence-corrected chi connectivity index (χ4v) is 2.53. The van der Waals surface area contributed by atoms with Crippen LogP contribution in [0.4, 0.5) is 0 Å². The minimum Gasteiger partial charge on any atom is -0.465 e. The lowest BCUT2D eigenvalue weighted by molar-refractivity contribution is -0.166. The molecule has 2 rings (SSSR count). The first-order valence-corrected chi connectivity index (χ1v) is 6.86. The van der Waals surface area contributed by atoms with Crippen LogP contribution in [0.25, 0.3) is 0 Å². The maximum absolute atomic E-state index is 12.2. The zero-order chi connectivity index (χ0) is 14.6. The molecule has 0 N–H and O–H groups in total. The molecule has 0 radical (unpaired) electrons. The van der Waals surface area contributed by atoms with Crippen molar-refractivity contribution >= 4 is 11.9 Å². The number of carbonyl (C=O) groups excluding carboxylic acids is 2. The second-order valence-electron chi connectivity index (χ2n) is 4.90. The Bertz CT molecular complexity index is 387. The third kappa shape index (κ3) is 2.86. The molecule has 6 heteroatoms. The third-order valence-electron chi connectivity index (χ3n) is 3.63. The number of carbonyl (C=O) groups is 2. The van der Waals surface area contributed by atoms with Crippen LogP contribution >= 0.6 is 0 Å². The Balaban J connectivity index is 2.09. The van der Waals surface area contributed by atoms with Crippen molar-refractivity contribution in [1.82, 2.24) is 0 Å². The molecule has 0 amide bonds. The first-order chi connectivity index (χ1) is 9.62. The quantitative estimate of drug-likeness (QED) is 0.414. The molecule has 0 aliphatic carbocycles. The van der Waals surface area contributed by atoms with Crippen molar-refractivity contribution in [3.63, 3.8) is 0 Å². The van der Waals surface area contributed by atoms with Gasteiger partial charge in [-0.2, -0.15) is 0 Å². The molecule has 2 fully saturated rings. The zero-order valence-corrected chi connectivity index (χ0v) is 11.6. The molecule has 2 heterocycles. The Morgan fingerprint density at radius 2 is 2.20 bits per heavy atom. The average Bonchev–Trinajstić information content (AvgIpc) is 3.05. The van der Waals surface area contributed by atoms with E-state index in [4.69, 9.17) is 18.9 Å². The van der Waals surface area contributed by atoms with Gasteiger partial charge in [-0.3, -0.25) is 9.59 Å². The van der Waals surface area contributed by atoms with Crippen LogP contribution in [0.5, 0.6) is 0 Å². The van der Waals surface area contributed by atoms with E-state index in [1.807, 2.05) is 0 Å². The molecule has 0 saturated carbocycles. The van der Waals surface area contributed by atoms with Crippen molar-refractivity contribution in [2.24, 2.45) is 5.41 Å². The molecule has 0 bridgehead atoms. The lowest BCUT2D eigenvalue weighted by Gasteiger charge is -2.23. The Kier molecular flexibility index (Phi) is 4.77. The minimum absolute atomic E-state index is 0.225. The molecule has 2 aliphatic heterocycles. The summed E-state index contributed by atoms with van der Waals surface area (Å²) >= 11 is 0. The van der Waals surface area contributed by atoms with Crippen molar-refractivity contribution in [2.45, 2.75) is 38.6 Å². The van der Waals surface area contributed by atoms with Gasteiger partial charge in [0.25, 0.3) is 0 Å². The number of ether oxygens (including phenoxy) is 4. The average molecular weight is 284 g/mol. The second kappa shape index (κ2) is 6.37. The zero-order valence-electron chi connectivity index (χ0n) is 11.6. The molecule has 0 aromatic heterocycles. The Morgan fingerprint density at radius 1 is 1.50 bits per heavy atom. The second-order valence-corrected chi connectivity index (χ2v) is 4.90. The fraction of sp³-hybridized carbons (Fsp3) is 0.714. The van der Waals surface area contributed by atoms with Gasteiger partial charge in [0.15, 0.2) is 11.7 Å². The van der Waals surface area contributed by atoms with Crippen LogP contribution in [-0.4, -0.2) is 44.2 Å². The molecule has 0 aromatic carbocycles. The van der Waals surface area contributed by atoms with Crippen LogP contribution in [0.3, 0.4) is 0 Å². The van der Waals surface area contributed by atoms with Gasteiger partial charge in [-0.15, -0.1) is 0 Å². The summed E-state index contributed by atoms with van der Waals surface area (Å²) in [5.41, 5.74) is -1.26. The lowest BCUT2D eigenvalue weighted by Crippen LogP contribution is -2.38.